The maximum Gasteiger partial charge on any atom is 0.136 e. The summed E-state index contributed by atoms with van der Waals surface area (Å²) in [5.74, 6) is 0.0938. The predicted molar refractivity (Wildman–Crippen MR) is 213 cm³/mol. The second-order valence-corrected chi connectivity index (χ2v) is 14.3. The van der Waals surface area contributed by atoms with Gasteiger partial charge in [0.05, 0.1) is 0 Å². The van der Waals surface area contributed by atoms with Crippen molar-refractivity contribution in [2.45, 2.75) is 12.3 Å². The zero-order valence-electron chi connectivity index (χ0n) is 27.3. The minimum absolute atomic E-state index is 0.0938. The number of fused-ring (bicyclic) bond motifs is 8. The van der Waals surface area contributed by atoms with Crippen molar-refractivity contribution < 1.29 is 4.42 Å². The standard InChI is InChI=1S/C48H32OS/c1-3-13-32(14-4-1)33-27-25-31(26-28-33)29-41(37-21-12-24-45-46(37)39-19-9-10-23-44(39)50-45)38-20-11-22-42-47(38)48-36-18-8-7-17-35(36)40(30-43(48)49-42)34-15-5-2-6-16-34/h1-28,30,41H,29H2. The van der Waals surface area contributed by atoms with Crippen LogP contribution in [0.4, 0.5) is 0 Å². The Morgan fingerprint density at radius 3 is 1.80 bits per heavy atom. The lowest BCUT2D eigenvalue weighted by Crippen LogP contribution is -2.06. The maximum atomic E-state index is 6.81. The van der Waals surface area contributed by atoms with Crippen molar-refractivity contribution in [3.8, 4) is 22.3 Å². The number of hydrogen-bond acceptors (Lipinski definition) is 2. The van der Waals surface area contributed by atoms with E-state index < -0.39 is 0 Å². The minimum Gasteiger partial charge on any atom is -0.456 e. The fourth-order valence-corrected chi connectivity index (χ4v) is 9.17. The Bertz CT molecular complexity index is 2820. The van der Waals surface area contributed by atoms with Gasteiger partial charge in [-0.25, -0.2) is 0 Å². The van der Waals surface area contributed by atoms with Gasteiger partial charge in [-0.15, -0.1) is 11.3 Å². The molecule has 0 aliphatic rings. The highest BCUT2D eigenvalue weighted by atomic mass is 32.1. The van der Waals surface area contributed by atoms with Gasteiger partial charge in [0.15, 0.2) is 0 Å². The number of hydrogen-bond donors (Lipinski definition) is 0. The van der Waals surface area contributed by atoms with E-state index in [1.807, 2.05) is 11.3 Å². The Kier molecular flexibility index (Phi) is 6.89. The lowest BCUT2D eigenvalue weighted by Gasteiger charge is -2.21. The SMILES string of the molecule is c1ccc(-c2ccc(CC(c3cccc4sc5ccccc5c34)c3cccc4oc5cc(-c6ccccc6)c6ccccc6c5c34)cc2)cc1. The first-order chi connectivity index (χ1) is 24.8. The molecule has 0 aliphatic carbocycles. The minimum atomic E-state index is 0.0938. The molecule has 0 bridgehead atoms. The molecule has 2 heterocycles. The summed E-state index contributed by atoms with van der Waals surface area (Å²) in [5, 5.41) is 7.55. The molecule has 0 aliphatic heterocycles. The van der Waals surface area contributed by atoms with E-state index in [9.17, 15) is 0 Å². The molecule has 236 valence electrons. The van der Waals surface area contributed by atoms with Crippen molar-refractivity contribution in [2.75, 3.05) is 0 Å². The van der Waals surface area contributed by atoms with Crippen molar-refractivity contribution in [3.63, 3.8) is 0 Å². The fraction of sp³-hybridized carbons (Fsp3) is 0.0417. The van der Waals surface area contributed by atoms with E-state index in [4.69, 9.17) is 4.42 Å². The summed E-state index contributed by atoms with van der Waals surface area (Å²) in [7, 11) is 0. The predicted octanol–water partition coefficient (Wildman–Crippen LogP) is 13.8. The van der Waals surface area contributed by atoms with Crippen molar-refractivity contribution >= 4 is 64.2 Å². The third-order valence-electron chi connectivity index (χ3n) is 10.3. The number of benzene rings is 8. The van der Waals surface area contributed by atoms with E-state index in [-0.39, 0.29) is 5.92 Å². The van der Waals surface area contributed by atoms with Gasteiger partial charge in [-0.05, 0) is 80.4 Å². The second-order valence-electron chi connectivity index (χ2n) is 13.2. The largest absolute Gasteiger partial charge is 0.456 e. The Balaban J connectivity index is 1.23. The van der Waals surface area contributed by atoms with Gasteiger partial charge in [-0.3, -0.25) is 0 Å². The molecule has 0 amide bonds. The molecular formula is C48H32OS. The molecule has 0 N–H and O–H groups in total. The Hall–Kier alpha value is -5.96. The van der Waals surface area contributed by atoms with Crippen molar-refractivity contribution in [2.24, 2.45) is 0 Å². The molecule has 50 heavy (non-hydrogen) atoms. The zero-order valence-corrected chi connectivity index (χ0v) is 28.2. The summed E-state index contributed by atoms with van der Waals surface area (Å²) in [4.78, 5) is 0. The van der Waals surface area contributed by atoms with E-state index in [0.29, 0.717) is 0 Å². The maximum absolute atomic E-state index is 6.81. The molecule has 1 nitrogen and oxygen atoms in total. The van der Waals surface area contributed by atoms with Crippen LogP contribution in [-0.4, -0.2) is 0 Å². The van der Waals surface area contributed by atoms with Gasteiger partial charge in [0.25, 0.3) is 0 Å². The molecule has 1 atom stereocenters. The van der Waals surface area contributed by atoms with E-state index in [2.05, 4.69) is 176 Å². The molecule has 0 radical (unpaired) electrons. The molecule has 0 spiro atoms. The van der Waals surface area contributed by atoms with E-state index >= 15 is 0 Å². The first-order valence-electron chi connectivity index (χ1n) is 17.3. The van der Waals surface area contributed by atoms with Gasteiger partial charge < -0.3 is 4.42 Å². The second kappa shape index (κ2) is 11.9. The van der Waals surface area contributed by atoms with E-state index in [1.54, 1.807) is 0 Å². The van der Waals surface area contributed by atoms with Crippen LogP contribution in [0.1, 0.15) is 22.6 Å². The molecule has 0 fully saturated rings. The smallest absolute Gasteiger partial charge is 0.136 e. The molecule has 2 aromatic heterocycles. The molecular weight excluding hydrogens is 625 g/mol. The highest BCUT2D eigenvalue weighted by Crippen LogP contribution is 2.46. The van der Waals surface area contributed by atoms with Crippen molar-refractivity contribution in [1.82, 2.24) is 0 Å². The average Bonchev–Trinajstić information content (AvgIpc) is 3.76. The molecule has 2 heteroatoms. The van der Waals surface area contributed by atoms with Gasteiger partial charge in [0.2, 0.25) is 0 Å². The van der Waals surface area contributed by atoms with Crippen LogP contribution in [0, 0.1) is 0 Å². The van der Waals surface area contributed by atoms with Crippen LogP contribution in [0.3, 0.4) is 0 Å². The van der Waals surface area contributed by atoms with Gasteiger partial charge in [-0.2, -0.15) is 0 Å². The summed E-state index contributed by atoms with van der Waals surface area (Å²) < 4.78 is 9.46. The van der Waals surface area contributed by atoms with Crippen LogP contribution in [0.25, 0.3) is 75.1 Å². The number of rotatable bonds is 6. The third kappa shape index (κ3) is 4.75. The summed E-state index contributed by atoms with van der Waals surface area (Å²) in [5.41, 5.74) is 10.7. The first kappa shape index (κ1) is 29.0. The number of thiophene rings is 1. The Labute approximate surface area is 294 Å². The monoisotopic (exact) mass is 656 g/mol. The van der Waals surface area contributed by atoms with E-state index in [0.717, 1.165) is 17.6 Å². The van der Waals surface area contributed by atoms with Crippen LogP contribution in [0.15, 0.2) is 180 Å². The van der Waals surface area contributed by atoms with Crippen LogP contribution in [0.5, 0.6) is 0 Å². The van der Waals surface area contributed by atoms with Crippen LogP contribution in [0.2, 0.25) is 0 Å². The summed E-state index contributed by atoms with van der Waals surface area (Å²) >= 11 is 1.89. The molecule has 8 aromatic carbocycles. The normalized spacial score (nSPS) is 12.4. The highest BCUT2D eigenvalue weighted by molar-refractivity contribution is 7.25. The molecule has 0 saturated heterocycles. The first-order valence-corrected chi connectivity index (χ1v) is 18.1. The van der Waals surface area contributed by atoms with Crippen LogP contribution < -0.4 is 0 Å². The summed E-state index contributed by atoms with van der Waals surface area (Å²) in [6, 6.07) is 63.9. The zero-order chi connectivity index (χ0) is 33.0. The van der Waals surface area contributed by atoms with Gasteiger partial charge in [0, 0.05) is 36.9 Å². The Morgan fingerprint density at radius 2 is 1.02 bits per heavy atom. The van der Waals surface area contributed by atoms with Gasteiger partial charge >= 0.3 is 0 Å². The summed E-state index contributed by atoms with van der Waals surface area (Å²) in [6.45, 7) is 0. The fourth-order valence-electron chi connectivity index (χ4n) is 8.03. The van der Waals surface area contributed by atoms with Crippen molar-refractivity contribution in [1.29, 1.82) is 0 Å². The van der Waals surface area contributed by atoms with Crippen molar-refractivity contribution in [3.05, 3.63) is 193 Å². The van der Waals surface area contributed by atoms with Crippen LogP contribution >= 0.6 is 11.3 Å². The van der Waals surface area contributed by atoms with Gasteiger partial charge in [0.1, 0.15) is 11.2 Å². The molecule has 1 unspecified atom stereocenters. The third-order valence-corrected chi connectivity index (χ3v) is 11.4. The Morgan fingerprint density at radius 1 is 0.420 bits per heavy atom. The lowest BCUT2D eigenvalue weighted by atomic mass is 9.81. The van der Waals surface area contributed by atoms with Crippen LogP contribution in [-0.2, 0) is 6.42 Å². The molecule has 0 saturated carbocycles. The average molecular weight is 657 g/mol. The quantitative estimate of drug-likeness (QED) is 0.174. The summed E-state index contributed by atoms with van der Waals surface area (Å²) in [6.07, 6.45) is 0.865. The van der Waals surface area contributed by atoms with E-state index in [1.165, 1.54) is 80.7 Å². The topological polar surface area (TPSA) is 13.1 Å². The molecule has 10 rings (SSSR count). The lowest BCUT2D eigenvalue weighted by molar-refractivity contribution is 0.668. The van der Waals surface area contributed by atoms with Gasteiger partial charge in [-0.1, -0.05) is 152 Å². The highest BCUT2D eigenvalue weighted by Gasteiger charge is 2.25. The molecule has 10 aromatic rings. The number of furan rings is 1.